The standard InChI is InChI=1S/C18H29NO2/c1-13(2)15-18(7-9-21-10-8-18)12-19(15)16(20)17-5-3-14(11-17)4-6-17/h13-15H,3-12H2,1-2H3. The highest BCUT2D eigenvalue weighted by Gasteiger charge is 2.60. The number of fused-ring (bicyclic) bond motifs is 2. The van der Waals surface area contributed by atoms with Crippen LogP contribution in [0.5, 0.6) is 0 Å². The van der Waals surface area contributed by atoms with Gasteiger partial charge in [-0.05, 0) is 56.8 Å². The smallest absolute Gasteiger partial charge is 0.229 e. The van der Waals surface area contributed by atoms with E-state index in [-0.39, 0.29) is 5.41 Å². The molecule has 2 aliphatic heterocycles. The fraction of sp³-hybridized carbons (Fsp3) is 0.944. The van der Waals surface area contributed by atoms with Gasteiger partial charge in [-0.3, -0.25) is 4.79 Å². The third kappa shape index (κ3) is 1.92. The van der Waals surface area contributed by atoms with E-state index < -0.39 is 0 Å². The van der Waals surface area contributed by atoms with Crippen molar-refractivity contribution in [1.29, 1.82) is 0 Å². The summed E-state index contributed by atoms with van der Waals surface area (Å²) in [6.45, 7) is 7.37. The highest BCUT2D eigenvalue weighted by atomic mass is 16.5. The van der Waals surface area contributed by atoms with Crippen molar-refractivity contribution in [3.05, 3.63) is 0 Å². The Labute approximate surface area is 128 Å². The molecule has 1 unspecified atom stereocenters. The predicted octanol–water partition coefficient (Wildman–Crippen LogP) is 3.23. The van der Waals surface area contributed by atoms with Gasteiger partial charge in [0.25, 0.3) is 0 Å². The highest BCUT2D eigenvalue weighted by molar-refractivity contribution is 5.85. The van der Waals surface area contributed by atoms with Gasteiger partial charge in [-0.1, -0.05) is 13.8 Å². The third-order valence-electron chi connectivity index (χ3n) is 7.02. The lowest BCUT2D eigenvalue weighted by Crippen LogP contribution is -2.71. The van der Waals surface area contributed by atoms with Gasteiger partial charge in [0.05, 0.1) is 0 Å². The number of rotatable bonds is 2. The van der Waals surface area contributed by atoms with Crippen LogP contribution < -0.4 is 0 Å². The first kappa shape index (κ1) is 14.0. The fourth-order valence-corrected chi connectivity index (χ4v) is 6.04. The van der Waals surface area contributed by atoms with E-state index in [0.29, 0.717) is 23.3 Å². The van der Waals surface area contributed by atoms with Crippen LogP contribution >= 0.6 is 0 Å². The molecule has 3 nitrogen and oxygen atoms in total. The molecule has 0 aromatic carbocycles. The number of amides is 1. The van der Waals surface area contributed by atoms with E-state index in [4.69, 9.17) is 4.74 Å². The molecule has 0 radical (unpaired) electrons. The summed E-state index contributed by atoms with van der Waals surface area (Å²) in [4.78, 5) is 15.5. The molecule has 4 fully saturated rings. The lowest BCUT2D eigenvalue weighted by atomic mass is 9.61. The van der Waals surface area contributed by atoms with Crippen LogP contribution in [0.25, 0.3) is 0 Å². The van der Waals surface area contributed by atoms with Crippen molar-refractivity contribution in [2.75, 3.05) is 19.8 Å². The van der Waals surface area contributed by atoms with E-state index in [1.165, 1.54) is 19.3 Å². The molecule has 2 aliphatic carbocycles. The van der Waals surface area contributed by atoms with Crippen molar-refractivity contribution in [2.45, 2.75) is 64.8 Å². The number of hydrogen-bond donors (Lipinski definition) is 0. The Morgan fingerprint density at radius 2 is 1.81 bits per heavy atom. The largest absolute Gasteiger partial charge is 0.381 e. The van der Waals surface area contributed by atoms with Gasteiger partial charge in [-0.25, -0.2) is 0 Å². The molecular weight excluding hydrogens is 262 g/mol. The lowest BCUT2D eigenvalue weighted by Gasteiger charge is -2.62. The molecule has 0 N–H and O–H groups in total. The number of likely N-dealkylation sites (tertiary alicyclic amines) is 1. The van der Waals surface area contributed by atoms with E-state index in [1.54, 1.807) is 0 Å². The van der Waals surface area contributed by atoms with Gasteiger partial charge in [0.1, 0.15) is 0 Å². The molecule has 2 bridgehead atoms. The maximum absolute atomic E-state index is 13.2. The van der Waals surface area contributed by atoms with Gasteiger partial charge in [-0.15, -0.1) is 0 Å². The summed E-state index contributed by atoms with van der Waals surface area (Å²) in [5.41, 5.74) is 0.417. The van der Waals surface area contributed by atoms with Gasteiger partial charge < -0.3 is 9.64 Å². The summed E-state index contributed by atoms with van der Waals surface area (Å²) in [5, 5.41) is 0. The SMILES string of the molecule is CC(C)C1N(C(=O)C23CCC(CC2)C3)CC12CCOCC2. The summed E-state index contributed by atoms with van der Waals surface area (Å²) in [7, 11) is 0. The third-order valence-corrected chi connectivity index (χ3v) is 7.02. The highest BCUT2D eigenvalue weighted by Crippen LogP contribution is 2.58. The van der Waals surface area contributed by atoms with Crippen LogP contribution in [0.2, 0.25) is 0 Å². The van der Waals surface area contributed by atoms with Gasteiger partial charge in [0.2, 0.25) is 5.91 Å². The van der Waals surface area contributed by atoms with E-state index in [1.807, 2.05) is 0 Å². The monoisotopic (exact) mass is 291 g/mol. The Morgan fingerprint density at radius 1 is 1.14 bits per heavy atom. The van der Waals surface area contributed by atoms with Crippen molar-refractivity contribution in [3.8, 4) is 0 Å². The Hall–Kier alpha value is -0.570. The quantitative estimate of drug-likeness (QED) is 0.782. The molecule has 3 heteroatoms. The van der Waals surface area contributed by atoms with Gasteiger partial charge >= 0.3 is 0 Å². The minimum absolute atomic E-state index is 0.0462. The zero-order chi connectivity index (χ0) is 14.7. The van der Waals surface area contributed by atoms with Crippen molar-refractivity contribution < 1.29 is 9.53 Å². The van der Waals surface area contributed by atoms with Crippen LogP contribution in [0.4, 0.5) is 0 Å². The number of hydrogen-bond acceptors (Lipinski definition) is 2. The molecule has 1 atom stereocenters. The van der Waals surface area contributed by atoms with E-state index in [0.717, 1.165) is 51.4 Å². The minimum atomic E-state index is 0.0462. The number of carbonyl (C=O) groups excluding carboxylic acids is 1. The average Bonchev–Trinajstić information content (AvgIpc) is 3.06. The molecule has 0 aromatic rings. The molecule has 4 rings (SSSR count). The summed E-state index contributed by atoms with van der Waals surface area (Å²) in [5.74, 6) is 1.93. The molecule has 118 valence electrons. The Bertz CT molecular complexity index is 430. The first-order chi connectivity index (χ1) is 10.1. The van der Waals surface area contributed by atoms with Gasteiger partial charge in [0.15, 0.2) is 0 Å². The molecule has 4 aliphatic rings. The first-order valence-electron chi connectivity index (χ1n) is 8.95. The Kier molecular flexibility index (Phi) is 3.15. The Balaban J connectivity index is 1.54. The normalized spacial score (nSPS) is 40.8. The summed E-state index contributed by atoms with van der Waals surface area (Å²) in [6.07, 6.45) is 8.39. The number of ether oxygens (including phenoxy) is 1. The van der Waals surface area contributed by atoms with E-state index in [9.17, 15) is 4.79 Å². The molecule has 2 heterocycles. The fourth-order valence-electron chi connectivity index (χ4n) is 6.04. The van der Waals surface area contributed by atoms with E-state index >= 15 is 0 Å². The zero-order valence-corrected chi connectivity index (χ0v) is 13.6. The lowest BCUT2D eigenvalue weighted by molar-refractivity contribution is -0.184. The molecule has 1 amide bonds. The van der Waals surface area contributed by atoms with E-state index in [2.05, 4.69) is 18.7 Å². The van der Waals surface area contributed by atoms with Crippen molar-refractivity contribution in [2.24, 2.45) is 22.7 Å². The number of carbonyl (C=O) groups is 1. The van der Waals surface area contributed by atoms with Crippen LogP contribution in [0.1, 0.15) is 58.8 Å². The summed E-state index contributed by atoms with van der Waals surface area (Å²) >= 11 is 0. The minimum Gasteiger partial charge on any atom is -0.381 e. The molecule has 21 heavy (non-hydrogen) atoms. The van der Waals surface area contributed by atoms with Crippen LogP contribution in [0.15, 0.2) is 0 Å². The second-order valence-corrected chi connectivity index (χ2v) is 8.52. The molecule has 0 aromatic heterocycles. The Morgan fingerprint density at radius 3 is 2.33 bits per heavy atom. The van der Waals surface area contributed by atoms with Crippen LogP contribution in [0.3, 0.4) is 0 Å². The summed E-state index contributed by atoms with van der Waals surface area (Å²) in [6, 6.07) is 0.461. The topological polar surface area (TPSA) is 29.5 Å². The average molecular weight is 291 g/mol. The maximum Gasteiger partial charge on any atom is 0.229 e. The maximum atomic E-state index is 13.2. The van der Waals surface area contributed by atoms with Crippen LogP contribution in [-0.4, -0.2) is 36.6 Å². The molecular formula is C18H29NO2. The molecule has 1 spiro atoms. The van der Waals surface area contributed by atoms with Gasteiger partial charge in [0, 0.05) is 36.6 Å². The molecule has 2 saturated carbocycles. The van der Waals surface area contributed by atoms with Crippen LogP contribution in [-0.2, 0) is 9.53 Å². The predicted molar refractivity (Wildman–Crippen MR) is 81.8 cm³/mol. The van der Waals surface area contributed by atoms with Crippen molar-refractivity contribution in [1.82, 2.24) is 4.90 Å². The second kappa shape index (κ2) is 4.71. The zero-order valence-electron chi connectivity index (χ0n) is 13.6. The molecule has 2 saturated heterocycles. The van der Waals surface area contributed by atoms with Gasteiger partial charge in [-0.2, -0.15) is 0 Å². The first-order valence-corrected chi connectivity index (χ1v) is 8.95. The summed E-state index contributed by atoms with van der Waals surface area (Å²) < 4.78 is 5.57. The van der Waals surface area contributed by atoms with Crippen molar-refractivity contribution >= 4 is 5.91 Å². The second-order valence-electron chi connectivity index (χ2n) is 8.52. The number of nitrogens with zero attached hydrogens (tertiary/aromatic N) is 1. The van der Waals surface area contributed by atoms with Crippen molar-refractivity contribution in [3.63, 3.8) is 0 Å². The van der Waals surface area contributed by atoms with Crippen LogP contribution in [0, 0.1) is 22.7 Å².